The lowest BCUT2D eigenvalue weighted by atomic mass is 10.0. The van der Waals surface area contributed by atoms with E-state index < -0.39 is 6.09 Å². The van der Waals surface area contributed by atoms with Crippen LogP contribution in [0.15, 0.2) is 59.8 Å². The molecule has 1 atom stereocenters. The van der Waals surface area contributed by atoms with Crippen LogP contribution in [0.25, 0.3) is 28.2 Å². The lowest BCUT2D eigenvalue weighted by Crippen LogP contribution is -2.24. The molecule has 0 radical (unpaired) electrons. The Morgan fingerprint density at radius 3 is 2.82 bits per heavy atom. The average molecular weight is 530 g/mol. The van der Waals surface area contributed by atoms with Gasteiger partial charge in [-0.2, -0.15) is 4.68 Å². The number of pyridine rings is 2. The van der Waals surface area contributed by atoms with Crippen molar-refractivity contribution in [2.24, 2.45) is 0 Å². The molecule has 13 heteroatoms. The summed E-state index contributed by atoms with van der Waals surface area (Å²) in [5.41, 5.74) is 5.35. The highest BCUT2D eigenvalue weighted by atomic mass is 35.5. The second-order valence-corrected chi connectivity index (χ2v) is 9.30. The number of anilines is 1. The summed E-state index contributed by atoms with van der Waals surface area (Å²) in [6.45, 7) is 1.86. The predicted octanol–water partition coefficient (Wildman–Crippen LogP) is 3.86. The van der Waals surface area contributed by atoms with Crippen LogP contribution in [-0.2, 0) is 6.42 Å². The van der Waals surface area contributed by atoms with Crippen molar-refractivity contribution in [3.8, 4) is 28.2 Å². The fourth-order valence-electron chi connectivity index (χ4n) is 4.85. The number of halogens is 1. The maximum Gasteiger partial charge on any atom is 0.409 e. The zero-order chi connectivity index (χ0) is 26.4. The number of hydrogen-bond donors (Lipinski definition) is 3. The van der Waals surface area contributed by atoms with E-state index in [1.54, 1.807) is 34.9 Å². The largest absolute Gasteiger partial charge is 0.465 e. The number of rotatable bonds is 5. The molecule has 1 aliphatic rings. The molecule has 5 heterocycles. The van der Waals surface area contributed by atoms with Crippen LogP contribution in [0.3, 0.4) is 0 Å². The van der Waals surface area contributed by atoms with Crippen molar-refractivity contribution >= 4 is 23.4 Å². The Morgan fingerprint density at radius 2 is 2.08 bits per heavy atom. The maximum atomic E-state index is 13.4. The molecule has 0 unspecified atom stereocenters. The van der Waals surface area contributed by atoms with E-state index >= 15 is 0 Å². The number of carboxylic acid groups (broad SMARTS) is 1. The van der Waals surface area contributed by atoms with Gasteiger partial charge >= 0.3 is 6.09 Å². The van der Waals surface area contributed by atoms with Crippen molar-refractivity contribution in [2.75, 3.05) is 5.32 Å². The summed E-state index contributed by atoms with van der Waals surface area (Å²) in [4.78, 5) is 36.7. The Hall–Kier alpha value is -4.84. The average Bonchev–Trinajstić information content (AvgIpc) is 3.64. The number of H-pyrrole nitrogens is 1. The normalized spacial score (nSPS) is 14.4. The first-order valence-corrected chi connectivity index (χ1v) is 12.1. The smallest absolute Gasteiger partial charge is 0.409 e. The Morgan fingerprint density at radius 1 is 1.21 bits per heavy atom. The third-order valence-electron chi connectivity index (χ3n) is 6.49. The van der Waals surface area contributed by atoms with Gasteiger partial charge in [0.05, 0.1) is 40.7 Å². The summed E-state index contributed by atoms with van der Waals surface area (Å²) in [6, 6.07) is 12.0. The molecule has 38 heavy (non-hydrogen) atoms. The van der Waals surface area contributed by atoms with Gasteiger partial charge in [-0.1, -0.05) is 11.6 Å². The molecule has 1 aromatic carbocycles. The Bertz CT molecular complexity index is 1730. The molecule has 4 aromatic heterocycles. The first-order chi connectivity index (χ1) is 18.4. The number of amides is 1. The molecule has 6 rings (SSSR count). The zero-order valence-electron chi connectivity index (χ0n) is 20.0. The first kappa shape index (κ1) is 23.6. The van der Waals surface area contributed by atoms with Gasteiger partial charge in [-0.15, -0.1) is 5.10 Å². The van der Waals surface area contributed by atoms with E-state index in [-0.39, 0.29) is 11.6 Å². The molecule has 0 fully saturated rings. The van der Waals surface area contributed by atoms with Crippen LogP contribution in [0.1, 0.15) is 29.7 Å². The van der Waals surface area contributed by atoms with Gasteiger partial charge in [0.25, 0.3) is 5.56 Å². The molecule has 0 aliphatic carbocycles. The molecule has 190 valence electrons. The second kappa shape index (κ2) is 9.23. The van der Waals surface area contributed by atoms with Gasteiger partial charge in [0.1, 0.15) is 12.2 Å². The van der Waals surface area contributed by atoms with E-state index in [0.29, 0.717) is 46.5 Å². The number of hydrogen-bond acceptors (Lipinski definition) is 7. The third-order valence-corrected chi connectivity index (χ3v) is 6.72. The molecule has 1 amide bonds. The fourth-order valence-corrected chi connectivity index (χ4v) is 5.02. The van der Waals surface area contributed by atoms with Crippen molar-refractivity contribution in [1.82, 2.24) is 39.7 Å². The Kier molecular flexibility index (Phi) is 5.72. The monoisotopic (exact) mass is 529 g/mol. The van der Waals surface area contributed by atoms with E-state index in [1.807, 2.05) is 19.1 Å². The van der Waals surface area contributed by atoms with Crippen molar-refractivity contribution in [3.63, 3.8) is 0 Å². The van der Waals surface area contributed by atoms with Crippen LogP contribution in [-0.4, -0.2) is 50.9 Å². The predicted molar refractivity (Wildman–Crippen MR) is 139 cm³/mol. The molecule has 0 saturated heterocycles. The highest BCUT2D eigenvalue weighted by molar-refractivity contribution is 6.31. The fraction of sp³-hybridized carbons (Fsp3) is 0.160. The number of imidazole rings is 1. The summed E-state index contributed by atoms with van der Waals surface area (Å²) in [7, 11) is 0. The van der Waals surface area contributed by atoms with Crippen molar-refractivity contribution < 1.29 is 9.90 Å². The number of nitrogens with zero attached hydrogens (tertiary/aromatic N) is 7. The molecule has 12 nitrogen and oxygen atoms in total. The molecule has 0 bridgehead atoms. The first-order valence-electron chi connectivity index (χ1n) is 11.7. The van der Waals surface area contributed by atoms with E-state index in [0.717, 1.165) is 22.5 Å². The minimum atomic E-state index is -1.16. The number of carbonyl (C=O) groups is 1. The lowest BCUT2D eigenvalue weighted by molar-refractivity contribution is 0.209. The van der Waals surface area contributed by atoms with E-state index in [9.17, 15) is 9.59 Å². The summed E-state index contributed by atoms with van der Waals surface area (Å²) in [5.74, 6) is 0.665. The standard InChI is InChI=1S/C25H20ClN9O3/c1-13-23(19-5-3-16(11-27-19)30-25(37)38)31-24(29-13)21-7-4-17-8-14(9-22(36)35(17)21)18-10-15(26)2-6-20(18)34-12-28-32-33-34/h2-3,5-6,8-12,21,30H,4,7H2,1H3,(H,29,31)(H,37,38)/t21-/m0/s1. The number of aromatic nitrogens is 8. The quantitative estimate of drug-likeness (QED) is 0.310. The summed E-state index contributed by atoms with van der Waals surface area (Å²) in [6.07, 6.45) is 3.17. The molecule has 5 aromatic rings. The Balaban J connectivity index is 1.35. The number of fused-ring (bicyclic) bond motifs is 1. The topological polar surface area (TPSA) is 156 Å². The molecule has 1 aliphatic heterocycles. The SMILES string of the molecule is Cc1nc([C@@H]2CCc3cc(-c4cc(Cl)ccc4-n4cnnn4)cc(=O)n32)[nH]c1-c1ccc(NC(=O)O)cn1. The molecular weight excluding hydrogens is 510 g/mol. The molecule has 0 saturated carbocycles. The number of aromatic amines is 1. The zero-order valence-corrected chi connectivity index (χ0v) is 20.7. The molecule has 0 spiro atoms. The Labute approximate surface area is 220 Å². The van der Waals surface area contributed by atoms with Gasteiger partial charge in [0, 0.05) is 22.3 Å². The highest BCUT2D eigenvalue weighted by Gasteiger charge is 2.29. The summed E-state index contributed by atoms with van der Waals surface area (Å²) < 4.78 is 3.30. The van der Waals surface area contributed by atoms with Gasteiger partial charge in [-0.05, 0) is 72.2 Å². The molecular formula is C25H20ClN9O3. The van der Waals surface area contributed by atoms with Crippen molar-refractivity contribution in [2.45, 2.75) is 25.8 Å². The van der Waals surface area contributed by atoms with E-state index in [1.165, 1.54) is 17.2 Å². The maximum absolute atomic E-state index is 13.4. The van der Waals surface area contributed by atoms with Gasteiger partial charge in [-0.25, -0.2) is 9.78 Å². The van der Waals surface area contributed by atoms with Gasteiger partial charge in [0.2, 0.25) is 0 Å². The minimum Gasteiger partial charge on any atom is -0.465 e. The van der Waals surface area contributed by atoms with Gasteiger partial charge in [-0.3, -0.25) is 15.1 Å². The number of aryl methyl sites for hydroxylation is 2. The van der Waals surface area contributed by atoms with Crippen molar-refractivity contribution in [3.05, 3.63) is 87.6 Å². The number of nitrogens with one attached hydrogen (secondary N) is 2. The van der Waals surface area contributed by atoms with Crippen LogP contribution in [0.5, 0.6) is 0 Å². The lowest BCUT2D eigenvalue weighted by Gasteiger charge is -2.15. The van der Waals surface area contributed by atoms with Crippen LogP contribution in [0, 0.1) is 6.92 Å². The van der Waals surface area contributed by atoms with E-state index in [4.69, 9.17) is 21.7 Å². The summed E-state index contributed by atoms with van der Waals surface area (Å²) >= 11 is 6.30. The highest BCUT2D eigenvalue weighted by Crippen LogP contribution is 2.35. The van der Waals surface area contributed by atoms with Crippen LogP contribution in [0.2, 0.25) is 5.02 Å². The van der Waals surface area contributed by atoms with Crippen LogP contribution < -0.4 is 10.9 Å². The van der Waals surface area contributed by atoms with Gasteiger partial charge in [0.15, 0.2) is 0 Å². The summed E-state index contributed by atoms with van der Waals surface area (Å²) in [5, 5.41) is 23.1. The second-order valence-electron chi connectivity index (χ2n) is 8.86. The number of tetrazole rings is 1. The van der Waals surface area contributed by atoms with E-state index in [2.05, 4.69) is 30.8 Å². The van der Waals surface area contributed by atoms with Gasteiger partial charge < -0.3 is 14.7 Å². The van der Waals surface area contributed by atoms with Crippen LogP contribution in [0.4, 0.5) is 10.5 Å². The minimum absolute atomic E-state index is 0.152. The van der Waals surface area contributed by atoms with Crippen LogP contribution >= 0.6 is 11.6 Å². The van der Waals surface area contributed by atoms with Crippen molar-refractivity contribution in [1.29, 1.82) is 0 Å². The molecule has 3 N–H and O–H groups in total. The third kappa shape index (κ3) is 4.20. The number of benzene rings is 1.